The molecule has 0 fully saturated rings. The van der Waals surface area contributed by atoms with Crippen molar-refractivity contribution in [3.63, 3.8) is 0 Å². The zero-order chi connectivity index (χ0) is 20.9. The van der Waals surface area contributed by atoms with Crippen LogP contribution in [-0.4, -0.2) is 55.7 Å². The van der Waals surface area contributed by atoms with Gasteiger partial charge in [0.2, 0.25) is 0 Å². The highest BCUT2D eigenvalue weighted by atomic mass is 35.5. The summed E-state index contributed by atoms with van der Waals surface area (Å²) in [5.41, 5.74) is 2.31. The molecule has 0 amide bonds. The highest BCUT2D eigenvalue weighted by Crippen LogP contribution is 2.12. The molecule has 1 aromatic heterocycles. The monoisotopic (exact) mass is 417 g/mol. The van der Waals surface area contributed by atoms with Crippen LogP contribution in [-0.2, 0) is 13.0 Å². The number of aliphatic imine (C=N–C) groups is 1. The largest absolute Gasteiger partial charge is 0.492 e. The Balaban J connectivity index is 1.69. The molecule has 158 valence electrons. The van der Waals surface area contributed by atoms with Crippen LogP contribution in [0.2, 0.25) is 5.15 Å². The first-order valence-electron chi connectivity index (χ1n) is 10.1. The first-order valence-corrected chi connectivity index (χ1v) is 10.5. The highest BCUT2D eigenvalue weighted by Gasteiger charge is 2.02. The Bertz CT molecular complexity index is 730. The van der Waals surface area contributed by atoms with Crippen LogP contribution in [0.5, 0.6) is 5.75 Å². The maximum atomic E-state index is 5.83. The third-order valence-corrected chi connectivity index (χ3v) is 4.90. The second kappa shape index (κ2) is 13.0. The molecule has 0 aliphatic carbocycles. The van der Waals surface area contributed by atoms with Crippen LogP contribution in [0.4, 0.5) is 0 Å². The Morgan fingerprint density at radius 2 is 1.79 bits per heavy atom. The summed E-state index contributed by atoms with van der Waals surface area (Å²) in [6.45, 7) is 9.56. The Morgan fingerprint density at radius 3 is 2.41 bits per heavy atom. The van der Waals surface area contributed by atoms with Crippen molar-refractivity contribution in [2.45, 2.75) is 26.8 Å². The molecule has 29 heavy (non-hydrogen) atoms. The van der Waals surface area contributed by atoms with Gasteiger partial charge in [0.15, 0.2) is 5.96 Å². The molecular weight excluding hydrogens is 386 g/mol. The Kier molecular flexibility index (Phi) is 10.3. The van der Waals surface area contributed by atoms with Crippen molar-refractivity contribution in [3.05, 3.63) is 58.9 Å². The summed E-state index contributed by atoms with van der Waals surface area (Å²) in [4.78, 5) is 10.7. The van der Waals surface area contributed by atoms with Crippen molar-refractivity contribution in [1.29, 1.82) is 0 Å². The summed E-state index contributed by atoms with van der Waals surface area (Å²) in [7, 11) is 1.77. The van der Waals surface area contributed by atoms with Gasteiger partial charge in [-0.15, -0.1) is 0 Å². The molecule has 0 bridgehead atoms. The van der Waals surface area contributed by atoms with Crippen LogP contribution in [0.1, 0.15) is 25.0 Å². The zero-order valence-electron chi connectivity index (χ0n) is 17.6. The number of aromatic nitrogens is 1. The summed E-state index contributed by atoms with van der Waals surface area (Å²) < 4.78 is 5.83. The number of nitrogens with one attached hydrogen (secondary N) is 2. The second-order valence-electron chi connectivity index (χ2n) is 6.61. The number of nitrogens with zero attached hydrogens (tertiary/aromatic N) is 3. The average Bonchev–Trinajstić information content (AvgIpc) is 2.76. The number of pyridine rings is 1. The van der Waals surface area contributed by atoms with Gasteiger partial charge in [0.05, 0.1) is 0 Å². The van der Waals surface area contributed by atoms with Gasteiger partial charge in [-0.25, -0.2) is 4.98 Å². The molecule has 1 aromatic carbocycles. The van der Waals surface area contributed by atoms with E-state index in [1.807, 2.05) is 18.2 Å². The van der Waals surface area contributed by atoms with E-state index in [-0.39, 0.29) is 0 Å². The van der Waals surface area contributed by atoms with Crippen LogP contribution < -0.4 is 15.4 Å². The molecule has 6 nitrogen and oxygen atoms in total. The molecular formula is C22H32ClN5O. The fourth-order valence-corrected chi connectivity index (χ4v) is 2.93. The van der Waals surface area contributed by atoms with E-state index < -0.39 is 0 Å². The standard InChI is InChI=1S/C22H32ClN5O/c1-4-28(5-2)14-15-29-20-9-6-18(7-10-20)17-27-22(24-3)25-13-12-19-8-11-21(23)26-16-19/h6-11,16H,4-5,12-15,17H2,1-3H3,(H2,24,25,27). The van der Waals surface area contributed by atoms with E-state index in [1.54, 1.807) is 19.3 Å². The first kappa shape index (κ1) is 23.0. The first-order chi connectivity index (χ1) is 14.1. The maximum Gasteiger partial charge on any atom is 0.191 e. The van der Waals surface area contributed by atoms with Crippen molar-refractivity contribution in [3.8, 4) is 5.75 Å². The van der Waals surface area contributed by atoms with Gasteiger partial charge < -0.3 is 20.3 Å². The van der Waals surface area contributed by atoms with Crippen molar-refractivity contribution >= 4 is 17.6 Å². The molecule has 2 aromatic rings. The lowest BCUT2D eigenvalue weighted by Gasteiger charge is -2.18. The van der Waals surface area contributed by atoms with Crippen molar-refractivity contribution in [2.75, 3.05) is 39.8 Å². The van der Waals surface area contributed by atoms with Gasteiger partial charge in [-0.3, -0.25) is 4.99 Å². The third-order valence-electron chi connectivity index (χ3n) is 4.67. The summed E-state index contributed by atoms with van der Waals surface area (Å²) in [5, 5.41) is 7.15. The maximum absolute atomic E-state index is 5.83. The van der Waals surface area contributed by atoms with E-state index in [2.05, 4.69) is 51.5 Å². The number of hydrogen-bond acceptors (Lipinski definition) is 4. The lowest BCUT2D eigenvalue weighted by molar-refractivity contribution is 0.223. The number of ether oxygens (including phenoxy) is 1. The number of guanidine groups is 1. The van der Waals surface area contributed by atoms with E-state index in [9.17, 15) is 0 Å². The molecule has 2 N–H and O–H groups in total. The summed E-state index contributed by atoms with van der Waals surface area (Å²) in [6, 6.07) is 12.0. The Hall–Kier alpha value is -2.31. The quantitative estimate of drug-likeness (QED) is 0.333. The van der Waals surface area contributed by atoms with Crippen LogP contribution in [0.15, 0.2) is 47.6 Å². The van der Waals surface area contributed by atoms with Gasteiger partial charge in [0.1, 0.15) is 17.5 Å². The minimum absolute atomic E-state index is 0.513. The van der Waals surface area contributed by atoms with Gasteiger partial charge in [-0.05, 0) is 48.8 Å². The Labute approximate surface area is 179 Å². The number of rotatable bonds is 11. The molecule has 0 saturated carbocycles. The number of benzene rings is 1. The van der Waals surface area contributed by atoms with E-state index in [0.717, 1.165) is 49.9 Å². The lowest BCUT2D eigenvalue weighted by atomic mass is 10.2. The van der Waals surface area contributed by atoms with E-state index >= 15 is 0 Å². The van der Waals surface area contributed by atoms with E-state index in [4.69, 9.17) is 16.3 Å². The van der Waals surface area contributed by atoms with Crippen LogP contribution in [0, 0.1) is 0 Å². The lowest BCUT2D eigenvalue weighted by Crippen LogP contribution is -2.37. The van der Waals surface area contributed by atoms with Crippen molar-refractivity contribution in [2.24, 2.45) is 4.99 Å². The topological polar surface area (TPSA) is 61.8 Å². The normalized spacial score (nSPS) is 11.6. The Morgan fingerprint density at radius 1 is 1.07 bits per heavy atom. The highest BCUT2D eigenvalue weighted by molar-refractivity contribution is 6.29. The molecule has 0 aliphatic rings. The second-order valence-corrected chi connectivity index (χ2v) is 7.00. The molecule has 1 heterocycles. The molecule has 7 heteroatoms. The van der Waals surface area contributed by atoms with Gasteiger partial charge in [0, 0.05) is 32.9 Å². The van der Waals surface area contributed by atoms with Gasteiger partial charge in [0.25, 0.3) is 0 Å². The molecule has 0 radical (unpaired) electrons. The molecule has 0 saturated heterocycles. The minimum atomic E-state index is 0.513. The minimum Gasteiger partial charge on any atom is -0.492 e. The van der Waals surface area contributed by atoms with Gasteiger partial charge >= 0.3 is 0 Å². The molecule has 0 spiro atoms. The summed E-state index contributed by atoms with van der Waals surface area (Å²) in [6.07, 6.45) is 2.65. The van der Waals surface area contributed by atoms with E-state index in [1.165, 1.54) is 5.56 Å². The van der Waals surface area contributed by atoms with E-state index in [0.29, 0.717) is 18.3 Å². The summed E-state index contributed by atoms with van der Waals surface area (Å²) in [5.74, 6) is 1.67. The van der Waals surface area contributed by atoms with Crippen molar-refractivity contribution < 1.29 is 4.74 Å². The van der Waals surface area contributed by atoms with Crippen LogP contribution >= 0.6 is 11.6 Å². The van der Waals surface area contributed by atoms with Crippen LogP contribution in [0.25, 0.3) is 0 Å². The smallest absolute Gasteiger partial charge is 0.191 e. The number of hydrogen-bond donors (Lipinski definition) is 2. The fraction of sp³-hybridized carbons (Fsp3) is 0.455. The van der Waals surface area contributed by atoms with Gasteiger partial charge in [-0.1, -0.05) is 43.6 Å². The SMILES string of the molecule is CCN(CC)CCOc1ccc(CNC(=NC)NCCc2ccc(Cl)nc2)cc1. The zero-order valence-corrected chi connectivity index (χ0v) is 18.4. The fourth-order valence-electron chi connectivity index (χ4n) is 2.82. The summed E-state index contributed by atoms with van der Waals surface area (Å²) >= 11 is 5.81. The predicted molar refractivity (Wildman–Crippen MR) is 121 cm³/mol. The molecule has 2 rings (SSSR count). The van der Waals surface area contributed by atoms with Crippen LogP contribution in [0.3, 0.4) is 0 Å². The van der Waals surface area contributed by atoms with Crippen molar-refractivity contribution in [1.82, 2.24) is 20.5 Å². The molecule has 0 atom stereocenters. The third kappa shape index (κ3) is 8.71. The number of halogens is 1. The molecule has 0 unspecified atom stereocenters. The number of likely N-dealkylation sites (N-methyl/N-ethyl adjacent to an activating group) is 1. The predicted octanol–water partition coefficient (Wildman–Crippen LogP) is 3.36. The average molecular weight is 418 g/mol. The molecule has 0 aliphatic heterocycles. The van der Waals surface area contributed by atoms with Gasteiger partial charge in [-0.2, -0.15) is 0 Å².